The molecule has 0 saturated carbocycles. The number of nitrogens with zero attached hydrogens (tertiary/aromatic N) is 3. The van der Waals surface area contributed by atoms with Gasteiger partial charge in [-0.2, -0.15) is 0 Å². The fourth-order valence-corrected chi connectivity index (χ4v) is 3.03. The van der Waals surface area contributed by atoms with E-state index < -0.39 is 0 Å². The number of hydrogen-bond acceptors (Lipinski definition) is 4. The zero-order chi connectivity index (χ0) is 15.2. The van der Waals surface area contributed by atoms with Gasteiger partial charge in [0.15, 0.2) is 0 Å². The highest BCUT2D eigenvalue weighted by molar-refractivity contribution is 5.54. The summed E-state index contributed by atoms with van der Waals surface area (Å²) in [6, 6.07) is 2.98. The summed E-state index contributed by atoms with van der Waals surface area (Å²) in [5.74, 6) is 0. The fraction of sp³-hybridized carbons (Fsp3) is 0.706. The number of nitrogens with one attached hydrogen (secondary N) is 1. The van der Waals surface area contributed by atoms with Crippen LogP contribution in [0.25, 0.3) is 0 Å². The first kappa shape index (κ1) is 16.2. The van der Waals surface area contributed by atoms with Crippen LogP contribution in [0.2, 0.25) is 0 Å². The van der Waals surface area contributed by atoms with Gasteiger partial charge in [0.1, 0.15) is 0 Å². The Bertz CT molecular complexity index is 436. The van der Waals surface area contributed by atoms with E-state index in [2.05, 4.69) is 54.1 Å². The van der Waals surface area contributed by atoms with Crippen molar-refractivity contribution in [2.75, 3.05) is 38.6 Å². The number of aromatic nitrogens is 1. The van der Waals surface area contributed by atoms with E-state index in [0.29, 0.717) is 0 Å². The Hall–Kier alpha value is -1.13. The number of piperidine rings is 1. The van der Waals surface area contributed by atoms with Gasteiger partial charge in [-0.05, 0) is 52.9 Å². The van der Waals surface area contributed by atoms with E-state index in [1.807, 2.05) is 6.20 Å². The molecule has 4 heteroatoms. The molecule has 0 atom stereocenters. The van der Waals surface area contributed by atoms with Crippen LogP contribution in [0.3, 0.4) is 0 Å². The lowest BCUT2D eigenvalue weighted by Crippen LogP contribution is -2.42. The maximum atomic E-state index is 4.48. The van der Waals surface area contributed by atoms with Crippen molar-refractivity contribution < 1.29 is 0 Å². The first-order valence-electron chi connectivity index (χ1n) is 8.19. The van der Waals surface area contributed by atoms with Crippen molar-refractivity contribution in [2.45, 2.75) is 45.7 Å². The van der Waals surface area contributed by atoms with Gasteiger partial charge in [-0.3, -0.25) is 4.98 Å². The van der Waals surface area contributed by atoms with Crippen LogP contribution in [-0.2, 0) is 6.54 Å². The number of aryl methyl sites for hydroxylation is 1. The van der Waals surface area contributed by atoms with E-state index in [0.717, 1.165) is 37.9 Å². The molecule has 1 aliphatic rings. The van der Waals surface area contributed by atoms with Crippen LogP contribution in [-0.4, -0.2) is 49.7 Å². The van der Waals surface area contributed by atoms with E-state index in [9.17, 15) is 0 Å². The minimum atomic E-state index is 0.728. The van der Waals surface area contributed by atoms with E-state index in [4.69, 9.17) is 0 Å². The molecule has 118 valence electrons. The molecule has 1 aromatic heterocycles. The molecule has 1 fully saturated rings. The predicted octanol–water partition coefficient (Wildman–Crippen LogP) is 2.42. The highest BCUT2D eigenvalue weighted by atomic mass is 15.2. The predicted molar refractivity (Wildman–Crippen MR) is 89.9 cm³/mol. The second kappa shape index (κ2) is 7.76. The van der Waals surface area contributed by atoms with Gasteiger partial charge in [-0.25, -0.2) is 0 Å². The van der Waals surface area contributed by atoms with Gasteiger partial charge in [0.25, 0.3) is 0 Å². The van der Waals surface area contributed by atoms with Crippen LogP contribution in [0.1, 0.15) is 37.4 Å². The van der Waals surface area contributed by atoms with Crippen molar-refractivity contribution >= 4 is 5.69 Å². The number of pyridine rings is 1. The molecule has 0 aromatic carbocycles. The normalized spacial score (nSPS) is 16.7. The Morgan fingerprint density at radius 2 is 2.05 bits per heavy atom. The maximum Gasteiger partial charge on any atom is 0.0445 e. The van der Waals surface area contributed by atoms with Gasteiger partial charge in [-0.1, -0.05) is 6.92 Å². The molecule has 0 amide bonds. The molecule has 1 aromatic rings. The maximum absolute atomic E-state index is 4.48. The third-order valence-corrected chi connectivity index (χ3v) is 4.38. The highest BCUT2D eigenvalue weighted by Crippen LogP contribution is 2.25. The summed E-state index contributed by atoms with van der Waals surface area (Å²) in [6.07, 6.45) is 5.71. The average Bonchev–Trinajstić information content (AvgIpc) is 2.49. The van der Waals surface area contributed by atoms with Gasteiger partial charge in [0.05, 0.1) is 0 Å². The van der Waals surface area contributed by atoms with Gasteiger partial charge in [-0.15, -0.1) is 0 Å². The quantitative estimate of drug-likeness (QED) is 0.815. The van der Waals surface area contributed by atoms with Gasteiger partial charge < -0.3 is 15.1 Å². The van der Waals surface area contributed by atoms with E-state index in [-0.39, 0.29) is 0 Å². The smallest absolute Gasteiger partial charge is 0.0445 e. The molecule has 2 heterocycles. The Labute approximate surface area is 129 Å². The van der Waals surface area contributed by atoms with E-state index >= 15 is 0 Å². The monoisotopic (exact) mass is 290 g/mol. The average molecular weight is 290 g/mol. The standard InChI is InChI=1S/C17H30N4/c1-5-8-18-12-15-13-19-14(2)11-17(15)21-9-6-16(7-10-21)20(3)4/h11,13,16,18H,5-10,12H2,1-4H3. The summed E-state index contributed by atoms with van der Waals surface area (Å²) in [7, 11) is 4.38. The highest BCUT2D eigenvalue weighted by Gasteiger charge is 2.22. The SMILES string of the molecule is CCCNCc1cnc(C)cc1N1CCC(N(C)C)CC1. The third-order valence-electron chi connectivity index (χ3n) is 4.38. The van der Waals surface area contributed by atoms with Crippen molar-refractivity contribution in [1.82, 2.24) is 15.2 Å². The van der Waals surface area contributed by atoms with Crippen molar-refractivity contribution in [3.05, 3.63) is 23.5 Å². The molecule has 1 saturated heterocycles. The topological polar surface area (TPSA) is 31.4 Å². The molecule has 1 aliphatic heterocycles. The number of anilines is 1. The van der Waals surface area contributed by atoms with Gasteiger partial charge >= 0.3 is 0 Å². The second-order valence-electron chi connectivity index (χ2n) is 6.31. The third kappa shape index (κ3) is 4.42. The first-order chi connectivity index (χ1) is 10.1. The fourth-order valence-electron chi connectivity index (χ4n) is 3.03. The van der Waals surface area contributed by atoms with Gasteiger partial charge in [0.2, 0.25) is 0 Å². The zero-order valence-corrected chi connectivity index (χ0v) is 14.0. The first-order valence-corrected chi connectivity index (χ1v) is 8.19. The lowest BCUT2D eigenvalue weighted by molar-refractivity contribution is 0.249. The molecular formula is C17H30N4. The molecule has 2 rings (SSSR count). The van der Waals surface area contributed by atoms with E-state index in [1.165, 1.54) is 30.5 Å². The van der Waals surface area contributed by atoms with E-state index in [1.54, 1.807) is 0 Å². The molecule has 0 spiro atoms. The van der Waals surface area contributed by atoms with Crippen LogP contribution in [0.5, 0.6) is 0 Å². The van der Waals surface area contributed by atoms with Crippen molar-refractivity contribution in [3.63, 3.8) is 0 Å². The lowest BCUT2D eigenvalue weighted by Gasteiger charge is -2.37. The Morgan fingerprint density at radius 1 is 1.33 bits per heavy atom. The van der Waals surface area contributed by atoms with Gasteiger partial charge in [0, 0.05) is 48.8 Å². The number of rotatable bonds is 6. The lowest BCUT2D eigenvalue weighted by atomic mass is 10.0. The Morgan fingerprint density at radius 3 is 2.67 bits per heavy atom. The summed E-state index contributed by atoms with van der Waals surface area (Å²) in [4.78, 5) is 9.38. The van der Waals surface area contributed by atoms with Crippen molar-refractivity contribution in [2.24, 2.45) is 0 Å². The van der Waals surface area contributed by atoms with Crippen LogP contribution in [0.4, 0.5) is 5.69 Å². The summed E-state index contributed by atoms with van der Waals surface area (Å²) in [5, 5.41) is 3.50. The zero-order valence-electron chi connectivity index (χ0n) is 14.0. The largest absolute Gasteiger partial charge is 0.371 e. The summed E-state index contributed by atoms with van der Waals surface area (Å²) in [5.41, 5.74) is 3.82. The van der Waals surface area contributed by atoms with Crippen LogP contribution >= 0.6 is 0 Å². The van der Waals surface area contributed by atoms with Crippen LogP contribution < -0.4 is 10.2 Å². The Kier molecular flexibility index (Phi) is 6.00. The molecular weight excluding hydrogens is 260 g/mol. The van der Waals surface area contributed by atoms with Crippen molar-refractivity contribution in [1.29, 1.82) is 0 Å². The van der Waals surface area contributed by atoms with Crippen molar-refractivity contribution in [3.8, 4) is 0 Å². The Balaban J connectivity index is 2.06. The minimum Gasteiger partial charge on any atom is -0.371 e. The van der Waals surface area contributed by atoms with Crippen LogP contribution in [0, 0.1) is 6.92 Å². The molecule has 21 heavy (non-hydrogen) atoms. The second-order valence-corrected chi connectivity index (χ2v) is 6.31. The van der Waals surface area contributed by atoms with Crippen LogP contribution in [0.15, 0.2) is 12.3 Å². The molecule has 1 N–H and O–H groups in total. The molecule has 0 radical (unpaired) electrons. The molecule has 0 aliphatic carbocycles. The minimum absolute atomic E-state index is 0.728. The molecule has 0 bridgehead atoms. The number of hydrogen-bond donors (Lipinski definition) is 1. The molecule has 4 nitrogen and oxygen atoms in total. The molecule has 0 unspecified atom stereocenters. The summed E-state index contributed by atoms with van der Waals surface area (Å²) >= 11 is 0. The summed E-state index contributed by atoms with van der Waals surface area (Å²) in [6.45, 7) is 8.56. The summed E-state index contributed by atoms with van der Waals surface area (Å²) < 4.78 is 0.